The van der Waals surface area contributed by atoms with Crippen LogP contribution in [0.3, 0.4) is 0 Å². The zero-order valence-electron chi connectivity index (χ0n) is 12.1. The minimum Gasteiger partial charge on any atom is -0.506 e. The fourth-order valence-electron chi connectivity index (χ4n) is 4.01. The predicted octanol–water partition coefficient (Wildman–Crippen LogP) is 3.28. The molecular weight excluding hydrogens is 292 g/mol. The normalized spacial score (nSPS) is 21.2. The van der Waals surface area contributed by atoms with Gasteiger partial charge in [0.05, 0.1) is 5.69 Å². The van der Waals surface area contributed by atoms with Crippen LogP contribution in [0.1, 0.15) is 29.4 Å². The van der Waals surface area contributed by atoms with Crippen molar-refractivity contribution < 1.29 is 15.3 Å². The van der Waals surface area contributed by atoms with Crippen LogP contribution >= 0.6 is 0 Å². The van der Waals surface area contributed by atoms with Crippen LogP contribution in [0.25, 0.3) is 16.6 Å². The molecule has 0 radical (unpaired) electrons. The first-order chi connectivity index (χ1) is 11.2. The number of phenolic OH excluding ortho intramolecular Hbond substituents is 1. The van der Waals surface area contributed by atoms with E-state index in [1.807, 2.05) is 6.07 Å². The molecule has 5 rings (SSSR count). The van der Waals surface area contributed by atoms with E-state index < -0.39 is 0 Å². The molecule has 0 aliphatic heterocycles. The Balaban J connectivity index is 1.84. The number of fused-ring (bicyclic) bond motifs is 6. The van der Waals surface area contributed by atoms with E-state index in [9.17, 15) is 15.3 Å². The Hall–Kier alpha value is -2.95. The van der Waals surface area contributed by atoms with Crippen molar-refractivity contribution in [3.63, 3.8) is 0 Å². The third kappa shape index (κ3) is 1.44. The lowest BCUT2D eigenvalue weighted by Gasteiger charge is -2.13. The molecule has 2 aliphatic carbocycles. The summed E-state index contributed by atoms with van der Waals surface area (Å²) in [5, 5.41) is 32.1. The zero-order chi connectivity index (χ0) is 15.7. The zero-order valence-corrected chi connectivity index (χ0v) is 12.1. The second-order valence-electron chi connectivity index (χ2n) is 6.15. The van der Waals surface area contributed by atoms with E-state index in [0.29, 0.717) is 16.6 Å². The SMILES string of the molecule is Oc1ccc(-n2c(O)c3c(c2O)[C@H]2C=C[C@@H]3C2)c2cccnc12. The minimum absolute atomic E-state index is 0.0739. The molecule has 0 fully saturated rings. The highest BCUT2D eigenvalue weighted by atomic mass is 16.3. The Morgan fingerprint density at radius 2 is 1.65 bits per heavy atom. The number of hydrogen-bond acceptors (Lipinski definition) is 4. The summed E-state index contributed by atoms with van der Waals surface area (Å²) in [5.74, 6) is 0.562. The highest BCUT2D eigenvalue weighted by Crippen LogP contribution is 2.57. The van der Waals surface area contributed by atoms with Crippen molar-refractivity contribution in [2.24, 2.45) is 0 Å². The molecule has 0 saturated carbocycles. The van der Waals surface area contributed by atoms with Crippen LogP contribution in [0, 0.1) is 0 Å². The number of nitrogens with zero attached hydrogens (tertiary/aromatic N) is 2. The monoisotopic (exact) mass is 306 g/mol. The summed E-state index contributed by atoms with van der Waals surface area (Å²) in [5.41, 5.74) is 2.69. The maximum atomic E-state index is 10.7. The van der Waals surface area contributed by atoms with Crippen LogP contribution in [-0.2, 0) is 0 Å². The molecule has 0 saturated heterocycles. The second-order valence-corrected chi connectivity index (χ2v) is 6.15. The van der Waals surface area contributed by atoms with Gasteiger partial charge in [-0.25, -0.2) is 0 Å². The van der Waals surface area contributed by atoms with Crippen molar-refractivity contribution in [2.45, 2.75) is 18.3 Å². The van der Waals surface area contributed by atoms with Gasteiger partial charge < -0.3 is 15.3 Å². The molecule has 2 aliphatic rings. The fraction of sp³-hybridized carbons (Fsp3) is 0.167. The number of pyridine rings is 1. The lowest BCUT2D eigenvalue weighted by Crippen LogP contribution is -1.97. The average Bonchev–Trinajstić information content (AvgIpc) is 3.24. The molecule has 114 valence electrons. The van der Waals surface area contributed by atoms with Crippen molar-refractivity contribution in [2.75, 3.05) is 0 Å². The van der Waals surface area contributed by atoms with Gasteiger partial charge in [0.25, 0.3) is 0 Å². The smallest absolute Gasteiger partial charge is 0.202 e. The first kappa shape index (κ1) is 12.6. The van der Waals surface area contributed by atoms with Gasteiger partial charge in [-0.05, 0) is 30.7 Å². The Labute approximate surface area is 131 Å². The van der Waals surface area contributed by atoms with Crippen LogP contribution in [0.5, 0.6) is 17.5 Å². The fourth-order valence-corrected chi connectivity index (χ4v) is 4.01. The van der Waals surface area contributed by atoms with Gasteiger partial charge in [0.1, 0.15) is 11.3 Å². The van der Waals surface area contributed by atoms with Gasteiger partial charge in [0, 0.05) is 34.5 Å². The molecule has 5 heteroatoms. The molecule has 0 unspecified atom stereocenters. The van der Waals surface area contributed by atoms with E-state index >= 15 is 0 Å². The Morgan fingerprint density at radius 1 is 0.957 bits per heavy atom. The van der Waals surface area contributed by atoms with E-state index in [1.54, 1.807) is 18.3 Å². The van der Waals surface area contributed by atoms with Gasteiger partial charge in [-0.2, -0.15) is 0 Å². The standard InChI is InChI=1S/C18H14N2O3/c21-13-6-5-12(11-2-1-7-19-16(11)13)20-17(22)14-9-3-4-10(8-9)15(14)18(20)23/h1-7,9-10,21-23H,8H2/t9-,10+. The van der Waals surface area contributed by atoms with Crippen LogP contribution in [0.2, 0.25) is 0 Å². The Bertz CT molecular complexity index is 968. The lowest BCUT2D eigenvalue weighted by molar-refractivity contribution is 0.396. The molecule has 23 heavy (non-hydrogen) atoms. The molecule has 3 N–H and O–H groups in total. The summed E-state index contributed by atoms with van der Waals surface area (Å²) < 4.78 is 1.46. The molecule has 2 bridgehead atoms. The van der Waals surface area contributed by atoms with Crippen molar-refractivity contribution in [1.82, 2.24) is 9.55 Å². The molecule has 5 nitrogen and oxygen atoms in total. The summed E-state index contributed by atoms with van der Waals surface area (Å²) in [4.78, 5) is 4.19. The summed E-state index contributed by atoms with van der Waals surface area (Å²) >= 11 is 0. The quantitative estimate of drug-likeness (QED) is 0.603. The average molecular weight is 306 g/mol. The van der Waals surface area contributed by atoms with Crippen molar-refractivity contribution >= 4 is 10.9 Å². The van der Waals surface area contributed by atoms with Crippen molar-refractivity contribution in [3.8, 4) is 23.2 Å². The third-order valence-corrected chi connectivity index (χ3v) is 4.99. The molecule has 2 atom stereocenters. The van der Waals surface area contributed by atoms with Crippen molar-refractivity contribution in [1.29, 1.82) is 0 Å². The highest BCUT2D eigenvalue weighted by molar-refractivity contribution is 5.92. The molecule has 2 aromatic heterocycles. The van der Waals surface area contributed by atoms with Gasteiger partial charge >= 0.3 is 0 Å². The Morgan fingerprint density at radius 3 is 2.35 bits per heavy atom. The first-order valence-electron chi connectivity index (χ1n) is 7.58. The molecule has 0 amide bonds. The first-order valence-corrected chi connectivity index (χ1v) is 7.58. The maximum Gasteiger partial charge on any atom is 0.202 e. The number of rotatable bonds is 1. The largest absolute Gasteiger partial charge is 0.506 e. The van der Waals surface area contributed by atoms with Crippen LogP contribution in [0.4, 0.5) is 0 Å². The Kier molecular flexibility index (Phi) is 2.23. The van der Waals surface area contributed by atoms with Gasteiger partial charge in [-0.1, -0.05) is 12.2 Å². The minimum atomic E-state index is 0.0739. The number of allylic oxidation sites excluding steroid dienone is 2. The van der Waals surface area contributed by atoms with E-state index in [0.717, 1.165) is 17.5 Å². The molecule has 0 spiro atoms. The lowest BCUT2D eigenvalue weighted by atomic mass is 10.0. The molecule has 3 aromatic rings. The molecule has 2 heterocycles. The van der Waals surface area contributed by atoms with Crippen molar-refractivity contribution in [3.05, 3.63) is 53.7 Å². The second kappa shape index (κ2) is 4.07. The van der Waals surface area contributed by atoms with Gasteiger partial charge in [-0.3, -0.25) is 9.55 Å². The number of phenols is 1. The van der Waals surface area contributed by atoms with E-state index in [1.165, 1.54) is 10.6 Å². The molecule has 1 aromatic carbocycles. The van der Waals surface area contributed by atoms with E-state index in [-0.39, 0.29) is 29.3 Å². The van der Waals surface area contributed by atoms with Crippen LogP contribution in [0.15, 0.2) is 42.6 Å². The van der Waals surface area contributed by atoms with Gasteiger partial charge in [0.2, 0.25) is 11.8 Å². The summed E-state index contributed by atoms with van der Waals surface area (Å²) in [6.07, 6.45) is 6.70. The van der Waals surface area contributed by atoms with Crippen LogP contribution in [-0.4, -0.2) is 24.9 Å². The number of benzene rings is 1. The van der Waals surface area contributed by atoms with Crippen LogP contribution < -0.4 is 0 Å². The summed E-state index contributed by atoms with van der Waals surface area (Å²) in [6.45, 7) is 0. The molecular formula is C18H14N2O3. The number of hydrogen-bond donors (Lipinski definition) is 3. The number of aromatic hydroxyl groups is 3. The summed E-state index contributed by atoms with van der Waals surface area (Å²) in [6, 6.07) is 6.79. The topological polar surface area (TPSA) is 78.5 Å². The third-order valence-electron chi connectivity index (χ3n) is 4.99. The van der Waals surface area contributed by atoms with Gasteiger partial charge in [-0.15, -0.1) is 0 Å². The maximum absolute atomic E-state index is 10.7. The summed E-state index contributed by atoms with van der Waals surface area (Å²) in [7, 11) is 0. The van der Waals surface area contributed by atoms with E-state index in [4.69, 9.17) is 0 Å². The van der Waals surface area contributed by atoms with Gasteiger partial charge in [0.15, 0.2) is 0 Å². The predicted molar refractivity (Wildman–Crippen MR) is 85.3 cm³/mol. The highest BCUT2D eigenvalue weighted by Gasteiger charge is 2.41. The number of aromatic nitrogens is 2. The van der Waals surface area contributed by atoms with E-state index in [2.05, 4.69) is 17.1 Å².